The molecule has 6 N–H and O–H groups in total. The molecule has 1 aliphatic rings. The van der Waals surface area contributed by atoms with Crippen molar-refractivity contribution >= 4 is 23.2 Å². The van der Waals surface area contributed by atoms with Crippen molar-refractivity contribution in [2.24, 2.45) is 5.73 Å². The second-order valence-corrected chi connectivity index (χ2v) is 10.6. The maximum absolute atomic E-state index is 12.1. The zero-order chi connectivity index (χ0) is 28.5. The van der Waals surface area contributed by atoms with E-state index in [-0.39, 0.29) is 30.5 Å². The molecule has 212 valence electrons. The summed E-state index contributed by atoms with van der Waals surface area (Å²) in [6, 6.07) is 21.0. The first-order valence-electron chi connectivity index (χ1n) is 13.5. The van der Waals surface area contributed by atoms with Crippen LogP contribution in [0.15, 0.2) is 66.7 Å². The van der Waals surface area contributed by atoms with Crippen molar-refractivity contribution in [2.45, 2.75) is 51.4 Å². The van der Waals surface area contributed by atoms with Gasteiger partial charge in [-0.25, -0.2) is 0 Å². The van der Waals surface area contributed by atoms with E-state index in [0.717, 1.165) is 16.8 Å². The van der Waals surface area contributed by atoms with Gasteiger partial charge < -0.3 is 36.3 Å². The van der Waals surface area contributed by atoms with E-state index in [4.69, 9.17) is 15.2 Å². The van der Waals surface area contributed by atoms with E-state index in [9.17, 15) is 14.7 Å². The summed E-state index contributed by atoms with van der Waals surface area (Å²) in [5, 5.41) is 20.3. The van der Waals surface area contributed by atoms with Gasteiger partial charge in [0.1, 0.15) is 18.0 Å². The number of β-amino-alcohol motifs (C(OH)–C–C–N with tert-alkyl or cyclic N) is 1. The van der Waals surface area contributed by atoms with Crippen LogP contribution in [0.2, 0.25) is 0 Å². The van der Waals surface area contributed by atoms with Crippen molar-refractivity contribution in [1.29, 1.82) is 0 Å². The molecule has 0 radical (unpaired) electrons. The molecular formula is C31H38N4O5. The fourth-order valence-electron chi connectivity index (χ4n) is 4.53. The van der Waals surface area contributed by atoms with Gasteiger partial charge >= 0.3 is 0 Å². The van der Waals surface area contributed by atoms with Crippen LogP contribution in [0.5, 0.6) is 11.5 Å². The van der Waals surface area contributed by atoms with Gasteiger partial charge in [0.25, 0.3) is 5.91 Å². The molecule has 1 atom stereocenters. The monoisotopic (exact) mass is 546 g/mol. The van der Waals surface area contributed by atoms with Crippen molar-refractivity contribution in [1.82, 2.24) is 5.32 Å². The van der Waals surface area contributed by atoms with E-state index in [1.807, 2.05) is 54.6 Å². The number of aliphatic hydroxyl groups is 1. The van der Waals surface area contributed by atoms with Crippen LogP contribution in [0.1, 0.15) is 49.5 Å². The summed E-state index contributed by atoms with van der Waals surface area (Å²) in [7, 11) is 0. The third kappa shape index (κ3) is 8.05. The molecule has 3 aromatic rings. The Kier molecular flexibility index (Phi) is 9.76. The Morgan fingerprint density at radius 3 is 2.58 bits per heavy atom. The minimum atomic E-state index is -0.877. The van der Waals surface area contributed by atoms with E-state index >= 15 is 0 Å². The van der Waals surface area contributed by atoms with E-state index < -0.39 is 6.10 Å². The first-order valence-corrected chi connectivity index (χ1v) is 13.5. The smallest absolute Gasteiger partial charge is 0.262 e. The second-order valence-electron chi connectivity index (χ2n) is 10.6. The molecule has 0 bridgehead atoms. The van der Waals surface area contributed by atoms with Crippen molar-refractivity contribution in [3.63, 3.8) is 0 Å². The Labute approximate surface area is 235 Å². The average Bonchev–Trinajstić information content (AvgIpc) is 2.95. The Morgan fingerprint density at radius 2 is 1.85 bits per heavy atom. The predicted molar refractivity (Wildman–Crippen MR) is 155 cm³/mol. The van der Waals surface area contributed by atoms with E-state index in [0.29, 0.717) is 55.2 Å². The van der Waals surface area contributed by atoms with Gasteiger partial charge in [0.05, 0.1) is 6.10 Å². The average molecular weight is 547 g/mol. The van der Waals surface area contributed by atoms with Gasteiger partial charge in [0.15, 0.2) is 12.4 Å². The molecule has 1 heterocycles. The van der Waals surface area contributed by atoms with E-state index in [2.05, 4.69) is 29.8 Å². The number of hydrogen-bond acceptors (Lipinski definition) is 7. The highest BCUT2D eigenvalue weighted by Crippen LogP contribution is 2.42. The van der Waals surface area contributed by atoms with Gasteiger partial charge in [-0.15, -0.1) is 0 Å². The summed E-state index contributed by atoms with van der Waals surface area (Å²) in [6.07, 6.45) is 0.891. The Balaban J connectivity index is 1.37. The molecule has 0 saturated carbocycles. The predicted octanol–water partition coefficient (Wildman–Crippen LogP) is 3.92. The molecule has 1 unspecified atom stereocenters. The lowest BCUT2D eigenvalue weighted by molar-refractivity contribution is -0.118. The number of aliphatic hydroxyl groups excluding tert-OH is 1. The molecule has 3 aromatic carbocycles. The number of fused-ring (bicyclic) bond motifs is 1. The first kappa shape index (κ1) is 29.1. The quantitative estimate of drug-likeness (QED) is 0.219. The number of anilines is 2. The molecule has 1 aliphatic heterocycles. The minimum Gasteiger partial charge on any atom is -0.487 e. The minimum absolute atomic E-state index is 0.0456. The second kappa shape index (κ2) is 13.4. The van der Waals surface area contributed by atoms with E-state index in [1.165, 1.54) is 0 Å². The third-order valence-corrected chi connectivity index (χ3v) is 6.62. The zero-order valence-electron chi connectivity index (χ0n) is 23.0. The molecular weight excluding hydrogens is 508 g/mol. The number of rotatable bonds is 13. The van der Waals surface area contributed by atoms with Crippen LogP contribution in [0, 0.1) is 0 Å². The van der Waals surface area contributed by atoms with Gasteiger partial charge in [-0.3, -0.25) is 9.59 Å². The standard InChI is InChI=1S/C31H38N4O5/c1-31(2,17-21-10-12-23(13-11-21)34-27(37)9-6-16-32)33-18-25(36)24-14-15-26(29-30(24)40-20-28(38)35-29)39-19-22-7-4-3-5-8-22/h3-5,7-8,10-15,25,33,36H,6,9,16-20,32H2,1-2H3,(H,34,37)(H,35,38). The summed E-state index contributed by atoms with van der Waals surface area (Å²) < 4.78 is 11.7. The van der Waals surface area contributed by atoms with Gasteiger partial charge in [0.2, 0.25) is 5.91 Å². The summed E-state index contributed by atoms with van der Waals surface area (Å²) >= 11 is 0. The number of nitrogens with two attached hydrogens (primary N) is 1. The molecule has 0 aliphatic carbocycles. The highest BCUT2D eigenvalue weighted by Gasteiger charge is 2.28. The first-order chi connectivity index (χ1) is 19.2. The van der Waals surface area contributed by atoms with Crippen LogP contribution in [-0.4, -0.2) is 42.2 Å². The molecule has 0 saturated heterocycles. The number of amides is 2. The largest absolute Gasteiger partial charge is 0.487 e. The highest BCUT2D eigenvalue weighted by atomic mass is 16.5. The number of carbonyl (C=O) groups is 2. The van der Waals surface area contributed by atoms with Crippen molar-refractivity contribution < 1.29 is 24.2 Å². The molecule has 4 rings (SSSR count). The topological polar surface area (TPSA) is 135 Å². The SMILES string of the molecule is CC(C)(Cc1ccc(NC(=O)CCCN)cc1)NCC(O)c1ccc(OCc2ccccc2)c2c1OCC(=O)N2. The lowest BCUT2D eigenvalue weighted by Crippen LogP contribution is -2.43. The highest BCUT2D eigenvalue weighted by molar-refractivity contribution is 5.97. The lowest BCUT2D eigenvalue weighted by Gasteiger charge is -2.30. The third-order valence-electron chi connectivity index (χ3n) is 6.62. The maximum Gasteiger partial charge on any atom is 0.262 e. The van der Waals surface area contributed by atoms with Crippen LogP contribution in [0.25, 0.3) is 0 Å². The number of benzene rings is 3. The maximum atomic E-state index is 12.1. The summed E-state index contributed by atoms with van der Waals surface area (Å²) in [4.78, 5) is 24.0. The Hall–Kier alpha value is -3.92. The van der Waals surface area contributed by atoms with Gasteiger partial charge in [0, 0.05) is 29.8 Å². The summed E-state index contributed by atoms with van der Waals surface area (Å²) in [6.45, 7) is 5.10. The molecule has 0 aromatic heterocycles. The van der Waals surface area contributed by atoms with Gasteiger partial charge in [-0.2, -0.15) is 0 Å². The molecule has 40 heavy (non-hydrogen) atoms. The summed E-state index contributed by atoms with van der Waals surface area (Å²) in [5.74, 6) is 0.580. The van der Waals surface area contributed by atoms with Crippen molar-refractivity contribution in [3.8, 4) is 11.5 Å². The normalized spacial score (nSPS) is 13.6. The summed E-state index contributed by atoms with van der Waals surface area (Å²) in [5.41, 5.74) is 8.97. The molecule has 9 nitrogen and oxygen atoms in total. The molecule has 2 amide bonds. The zero-order valence-corrected chi connectivity index (χ0v) is 23.0. The van der Waals surface area contributed by atoms with Crippen LogP contribution in [-0.2, 0) is 22.6 Å². The fraction of sp³-hybridized carbons (Fsp3) is 0.355. The van der Waals surface area contributed by atoms with Crippen LogP contribution >= 0.6 is 0 Å². The number of hydrogen-bond donors (Lipinski definition) is 5. The van der Waals surface area contributed by atoms with E-state index in [1.54, 1.807) is 12.1 Å². The molecule has 0 spiro atoms. The number of carbonyl (C=O) groups excluding carboxylic acids is 2. The molecule has 0 fully saturated rings. The van der Waals surface area contributed by atoms with Crippen LogP contribution < -0.4 is 31.2 Å². The van der Waals surface area contributed by atoms with Crippen molar-refractivity contribution in [2.75, 3.05) is 30.3 Å². The lowest BCUT2D eigenvalue weighted by atomic mass is 9.94. The van der Waals surface area contributed by atoms with Gasteiger partial charge in [-0.05, 0) is 68.6 Å². The van der Waals surface area contributed by atoms with Crippen LogP contribution in [0.3, 0.4) is 0 Å². The number of ether oxygens (including phenoxy) is 2. The fourth-order valence-corrected chi connectivity index (χ4v) is 4.53. The van der Waals surface area contributed by atoms with Crippen LogP contribution in [0.4, 0.5) is 11.4 Å². The van der Waals surface area contributed by atoms with Gasteiger partial charge in [-0.1, -0.05) is 42.5 Å². The van der Waals surface area contributed by atoms with Crippen molar-refractivity contribution in [3.05, 3.63) is 83.4 Å². The Bertz CT molecular complexity index is 1300. The number of nitrogens with one attached hydrogen (secondary N) is 3. The molecule has 9 heteroatoms. The Morgan fingerprint density at radius 1 is 1.10 bits per heavy atom.